The average molecular weight is 335 g/mol. The summed E-state index contributed by atoms with van der Waals surface area (Å²) in [6.45, 7) is -0.00333. The van der Waals surface area contributed by atoms with E-state index < -0.39 is 0 Å². The lowest BCUT2D eigenvalue weighted by Gasteiger charge is -2.05. The third-order valence-corrected chi connectivity index (χ3v) is 2.85. The number of aliphatic hydroxyl groups is 1. The normalized spacial score (nSPS) is 10.6. The van der Waals surface area contributed by atoms with Gasteiger partial charge in [0.15, 0.2) is 0 Å². The maximum absolute atomic E-state index is 8.95. The van der Waals surface area contributed by atoms with E-state index in [-0.39, 0.29) is 6.61 Å². The molecule has 0 saturated heterocycles. The fourth-order valence-electron chi connectivity index (χ4n) is 1.27. The SMILES string of the molecule is OCc1ccc(-n2cc(I)cn2)c(Cl)c1. The number of nitrogens with zero attached hydrogens (tertiary/aromatic N) is 2. The lowest BCUT2D eigenvalue weighted by molar-refractivity contribution is 0.282. The Hall–Kier alpha value is -0.590. The predicted molar refractivity (Wildman–Crippen MR) is 67.2 cm³/mol. The van der Waals surface area contributed by atoms with Gasteiger partial charge < -0.3 is 5.11 Å². The third-order valence-electron chi connectivity index (χ3n) is 1.99. The van der Waals surface area contributed by atoms with Crippen molar-refractivity contribution in [2.45, 2.75) is 6.61 Å². The molecule has 0 bridgehead atoms. The number of aromatic nitrogens is 2. The number of hydrogen-bond donors (Lipinski definition) is 1. The van der Waals surface area contributed by atoms with E-state index in [1.807, 2.05) is 18.3 Å². The van der Waals surface area contributed by atoms with E-state index in [1.165, 1.54) is 0 Å². The summed E-state index contributed by atoms with van der Waals surface area (Å²) in [5.41, 5.74) is 1.61. The number of aliphatic hydroxyl groups excluding tert-OH is 1. The monoisotopic (exact) mass is 334 g/mol. The number of rotatable bonds is 2. The lowest BCUT2D eigenvalue weighted by atomic mass is 10.2. The smallest absolute Gasteiger partial charge is 0.0832 e. The van der Waals surface area contributed by atoms with Crippen LogP contribution in [0.3, 0.4) is 0 Å². The Balaban J connectivity index is 2.45. The molecule has 2 aromatic rings. The molecule has 0 spiro atoms. The summed E-state index contributed by atoms with van der Waals surface area (Å²) in [6, 6.07) is 5.41. The van der Waals surface area contributed by atoms with Gasteiger partial charge in [0.2, 0.25) is 0 Å². The third kappa shape index (κ3) is 2.32. The highest BCUT2D eigenvalue weighted by Gasteiger charge is 2.04. The summed E-state index contributed by atoms with van der Waals surface area (Å²) in [5, 5.41) is 13.7. The second-order valence-corrected chi connectivity index (χ2v) is 4.70. The predicted octanol–water partition coefficient (Wildman–Crippen LogP) is 2.62. The van der Waals surface area contributed by atoms with Gasteiger partial charge in [-0.05, 0) is 40.3 Å². The summed E-state index contributed by atoms with van der Waals surface area (Å²) in [6.07, 6.45) is 3.65. The van der Waals surface area contributed by atoms with Gasteiger partial charge in [0, 0.05) is 6.20 Å². The van der Waals surface area contributed by atoms with Gasteiger partial charge in [-0.1, -0.05) is 17.7 Å². The van der Waals surface area contributed by atoms with Crippen molar-refractivity contribution in [3.8, 4) is 5.69 Å². The largest absolute Gasteiger partial charge is 0.392 e. The summed E-state index contributed by atoms with van der Waals surface area (Å²) >= 11 is 8.26. The highest BCUT2D eigenvalue weighted by molar-refractivity contribution is 14.1. The van der Waals surface area contributed by atoms with Crippen molar-refractivity contribution in [2.75, 3.05) is 0 Å². The molecule has 1 N–H and O–H groups in total. The van der Waals surface area contributed by atoms with Crippen LogP contribution in [0.25, 0.3) is 5.69 Å². The molecular weight excluding hydrogens is 326 g/mol. The zero-order valence-corrected chi connectivity index (χ0v) is 10.6. The van der Waals surface area contributed by atoms with Gasteiger partial charge in [-0.15, -0.1) is 0 Å². The summed E-state index contributed by atoms with van der Waals surface area (Å²) in [4.78, 5) is 0. The van der Waals surface area contributed by atoms with E-state index in [9.17, 15) is 0 Å². The molecule has 78 valence electrons. The molecule has 0 unspecified atom stereocenters. The molecule has 3 nitrogen and oxygen atoms in total. The average Bonchev–Trinajstić information content (AvgIpc) is 2.64. The first-order chi connectivity index (χ1) is 7.20. The van der Waals surface area contributed by atoms with E-state index in [0.29, 0.717) is 5.02 Å². The molecular formula is C10H8ClIN2O. The van der Waals surface area contributed by atoms with Crippen molar-refractivity contribution in [1.29, 1.82) is 0 Å². The number of hydrogen-bond acceptors (Lipinski definition) is 2. The van der Waals surface area contributed by atoms with E-state index >= 15 is 0 Å². The molecule has 0 atom stereocenters. The van der Waals surface area contributed by atoms with Crippen LogP contribution in [0.15, 0.2) is 30.6 Å². The van der Waals surface area contributed by atoms with Gasteiger partial charge in [-0.2, -0.15) is 5.10 Å². The summed E-state index contributed by atoms with van der Waals surface area (Å²) in [5.74, 6) is 0. The van der Waals surface area contributed by atoms with Crippen LogP contribution >= 0.6 is 34.2 Å². The minimum Gasteiger partial charge on any atom is -0.392 e. The zero-order chi connectivity index (χ0) is 10.8. The molecule has 0 aliphatic rings. The van der Waals surface area contributed by atoms with Gasteiger partial charge in [-0.25, -0.2) is 4.68 Å². The highest BCUT2D eigenvalue weighted by atomic mass is 127. The first-order valence-electron chi connectivity index (χ1n) is 4.30. The molecule has 0 fully saturated rings. The molecule has 1 heterocycles. The van der Waals surface area contributed by atoms with Crippen molar-refractivity contribution in [3.63, 3.8) is 0 Å². The minimum absolute atomic E-state index is 0.00333. The Kier molecular flexibility index (Phi) is 3.28. The maximum atomic E-state index is 8.95. The van der Waals surface area contributed by atoms with Crippen molar-refractivity contribution >= 4 is 34.2 Å². The van der Waals surface area contributed by atoms with Crippen molar-refractivity contribution < 1.29 is 5.11 Å². The molecule has 0 amide bonds. The molecule has 0 aliphatic carbocycles. The van der Waals surface area contributed by atoms with Crippen LogP contribution in [0.1, 0.15) is 5.56 Å². The molecule has 0 saturated carbocycles. The molecule has 5 heteroatoms. The van der Waals surface area contributed by atoms with Crippen LogP contribution in [0.2, 0.25) is 5.02 Å². The van der Waals surface area contributed by atoms with Gasteiger partial charge in [0.1, 0.15) is 0 Å². The Morgan fingerprint density at radius 3 is 2.80 bits per heavy atom. The second-order valence-electron chi connectivity index (χ2n) is 3.05. The van der Waals surface area contributed by atoms with Crippen LogP contribution in [-0.2, 0) is 6.61 Å². The standard InChI is InChI=1S/C10H8ClIN2O/c11-9-3-7(6-15)1-2-10(9)14-5-8(12)4-13-14/h1-5,15H,6H2. The highest BCUT2D eigenvalue weighted by Crippen LogP contribution is 2.22. The fourth-order valence-corrected chi connectivity index (χ4v) is 1.95. The number of benzene rings is 1. The number of halogens is 2. The van der Waals surface area contributed by atoms with E-state index in [4.69, 9.17) is 16.7 Å². The van der Waals surface area contributed by atoms with Crippen molar-refractivity contribution in [3.05, 3.63) is 44.7 Å². The van der Waals surface area contributed by atoms with Gasteiger partial charge in [-0.3, -0.25) is 0 Å². The molecule has 2 rings (SSSR count). The molecule has 0 aliphatic heterocycles. The van der Waals surface area contributed by atoms with E-state index in [1.54, 1.807) is 16.9 Å². The van der Waals surface area contributed by atoms with Crippen molar-refractivity contribution in [2.24, 2.45) is 0 Å². The Morgan fingerprint density at radius 2 is 2.27 bits per heavy atom. The lowest BCUT2D eigenvalue weighted by Crippen LogP contribution is -1.96. The maximum Gasteiger partial charge on any atom is 0.0832 e. The Labute approximate surface area is 106 Å². The zero-order valence-electron chi connectivity index (χ0n) is 7.69. The van der Waals surface area contributed by atoms with Crippen LogP contribution in [-0.4, -0.2) is 14.9 Å². The van der Waals surface area contributed by atoms with E-state index in [2.05, 4.69) is 27.7 Å². The Morgan fingerprint density at radius 1 is 1.47 bits per heavy atom. The fraction of sp³-hybridized carbons (Fsp3) is 0.100. The summed E-state index contributed by atoms with van der Waals surface area (Å²) < 4.78 is 2.76. The van der Waals surface area contributed by atoms with Crippen LogP contribution in [0, 0.1) is 3.57 Å². The molecule has 15 heavy (non-hydrogen) atoms. The van der Waals surface area contributed by atoms with Crippen LogP contribution in [0.5, 0.6) is 0 Å². The summed E-state index contributed by atoms with van der Waals surface area (Å²) in [7, 11) is 0. The molecule has 0 radical (unpaired) electrons. The van der Waals surface area contributed by atoms with Gasteiger partial charge in [0.05, 0.1) is 27.1 Å². The van der Waals surface area contributed by atoms with Gasteiger partial charge >= 0.3 is 0 Å². The van der Waals surface area contributed by atoms with Crippen LogP contribution in [0.4, 0.5) is 0 Å². The molecule has 1 aromatic carbocycles. The minimum atomic E-state index is -0.00333. The Bertz CT molecular complexity index is 484. The topological polar surface area (TPSA) is 38.0 Å². The first-order valence-corrected chi connectivity index (χ1v) is 5.76. The quantitative estimate of drug-likeness (QED) is 0.858. The van der Waals surface area contributed by atoms with Crippen LogP contribution < -0.4 is 0 Å². The van der Waals surface area contributed by atoms with Crippen molar-refractivity contribution in [1.82, 2.24) is 9.78 Å². The van der Waals surface area contributed by atoms with E-state index in [0.717, 1.165) is 14.8 Å². The van der Waals surface area contributed by atoms with Gasteiger partial charge in [0.25, 0.3) is 0 Å². The second kappa shape index (κ2) is 4.51. The molecule has 1 aromatic heterocycles. The first kappa shape index (κ1) is 10.9.